The zero-order chi connectivity index (χ0) is 22.9. The highest BCUT2D eigenvalue weighted by atomic mass is 35.5. The zero-order valence-corrected chi connectivity index (χ0v) is 17.2. The van der Waals surface area contributed by atoms with Crippen LogP contribution in [0.25, 0.3) is 6.08 Å². The molecule has 0 saturated carbocycles. The lowest BCUT2D eigenvalue weighted by atomic mass is 10.2. The molecule has 32 heavy (non-hydrogen) atoms. The minimum atomic E-state index is -0.583. The van der Waals surface area contributed by atoms with E-state index >= 15 is 0 Å². The summed E-state index contributed by atoms with van der Waals surface area (Å²) in [6, 6.07) is 18.8. The number of hydrogen-bond acceptors (Lipinski definition) is 6. The lowest BCUT2D eigenvalue weighted by Crippen LogP contribution is -2.17. The smallest absolute Gasteiger partial charge is 0.336 e. The molecule has 3 rings (SSSR count). The van der Waals surface area contributed by atoms with Crippen LogP contribution in [-0.2, 0) is 4.79 Å². The molecule has 0 bridgehead atoms. The minimum Gasteiger partial charge on any atom is -0.423 e. The standard InChI is InChI=1S/C23H16ClN3O5/c24-21-7-2-1-4-17(21)10-13-22(28)32-20-11-8-16(9-12-20)15-25-26-23(29)18-5-3-6-19(14-18)27(30)31/h1-15H,(H,26,29). The molecule has 0 saturated heterocycles. The maximum absolute atomic E-state index is 12.1. The summed E-state index contributed by atoms with van der Waals surface area (Å²) in [4.78, 5) is 34.2. The first-order chi connectivity index (χ1) is 15.4. The maximum Gasteiger partial charge on any atom is 0.336 e. The van der Waals surface area contributed by atoms with Gasteiger partial charge in [0.05, 0.1) is 11.1 Å². The van der Waals surface area contributed by atoms with Crippen LogP contribution in [0.5, 0.6) is 5.75 Å². The molecule has 0 radical (unpaired) electrons. The van der Waals surface area contributed by atoms with Gasteiger partial charge in [0.1, 0.15) is 5.75 Å². The summed E-state index contributed by atoms with van der Waals surface area (Å²) in [6.45, 7) is 0. The molecule has 3 aromatic carbocycles. The van der Waals surface area contributed by atoms with E-state index in [0.29, 0.717) is 21.9 Å². The van der Waals surface area contributed by atoms with Crippen LogP contribution in [0.4, 0.5) is 5.69 Å². The average Bonchev–Trinajstić information content (AvgIpc) is 2.79. The number of carbonyl (C=O) groups is 2. The van der Waals surface area contributed by atoms with E-state index in [1.54, 1.807) is 48.5 Å². The van der Waals surface area contributed by atoms with Crippen LogP contribution in [0, 0.1) is 10.1 Å². The molecule has 9 heteroatoms. The Hall–Kier alpha value is -4.30. The fourth-order valence-electron chi connectivity index (χ4n) is 2.53. The molecule has 0 atom stereocenters. The molecule has 0 aliphatic heterocycles. The normalized spacial score (nSPS) is 10.9. The van der Waals surface area contributed by atoms with Crippen molar-refractivity contribution in [3.63, 3.8) is 0 Å². The zero-order valence-electron chi connectivity index (χ0n) is 16.5. The van der Waals surface area contributed by atoms with Crippen molar-refractivity contribution in [2.24, 2.45) is 5.10 Å². The molecule has 0 aromatic heterocycles. The van der Waals surface area contributed by atoms with E-state index in [1.807, 2.05) is 6.07 Å². The van der Waals surface area contributed by atoms with E-state index in [-0.39, 0.29) is 11.3 Å². The van der Waals surface area contributed by atoms with Gasteiger partial charge in [0, 0.05) is 28.8 Å². The van der Waals surface area contributed by atoms with Crippen molar-refractivity contribution in [3.05, 3.63) is 111 Å². The molecule has 0 heterocycles. The molecule has 8 nitrogen and oxygen atoms in total. The number of carbonyl (C=O) groups excluding carboxylic acids is 2. The topological polar surface area (TPSA) is 111 Å². The van der Waals surface area contributed by atoms with Crippen LogP contribution in [0.3, 0.4) is 0 Å². The Morgan fingerprint density at radius 2 is 1.78 bits per heavy atom. The van der Waals surface area contributed by atoms with Crippen LogP contribution in [0.1, 0.15) is 21.5 Å². The number of ether oxygens (including phenoxy) is 1. The first-order valence-electron chi connectivity index (χ1n) is 9.25. The molecule has 0 aliphatic carbocycles. The second kappa shape index (κ2) is 10.6. The number of benzene rings is 3. The summed E-state index contributed by atoms with van der Waals surface area (Å²) < 4.78 is 5.22. The number of halogens is 1. The van der Waals surface area contributed by atoms with Crippen molar-refractivity contribution in [3.8, 4) is 5.75 Å². The highest BCUT2D eigenvalue weighted by Gasteiger charge is 2.10. The molecule has 1 amide bonds. The van der Waals surface area contributed by atoms with E-state index < -0.39 is 16.8 Å². The number of nitrogens with one attached hydrogen (secondary N) is 1. The van der Waals surface area contributed by atoms with Crippen molar-refractivity contribution >= 4 is 41.5 Å². The highest BCUT2D eigenvalue weighted by molar-refractivity contribution is 6.32. The quantitative estimate of drug-likeness (QED) is 0.141. The van der Waals surface area contributed by atoms with Gasteiger partial charge in [-0.25, -0.2) is 10.2 Å². The molecule has 0 fully saturated rings. The number of esters is 1. The second-order valence-electron chi connectivity index (χ2n) is 6.35. The van der Waals surface area contributed by atoms with Gasteiger partial charge in [-0.3, -0.25) is 14.9 Å². The first-order valence-corrected chi connectivity index (χ1v) is 9.62. The second-order valence-corrected chi connectivity index (χ2v) is 6.76. The average molecular weight is 450 g/mol. The van der Waals surface area contributed by atoms with Gasteiger partial charge in [0.25, 0.3) is 11.6 Å². The Morgan fingerprint density at radius 1 is 1.03 bits per heavy atom. The number of nitro groups is 1. The van der Waals surface area contributed by atoms with Gasteiger partial charge < -0.3 is 4.74 Å². The summed E-state index contributed by atoms with van der Waals surface area (Å²) in [5.74, 6) is -0.812. The maximum atomic E-state index is 12.1. The van der Waals surface area contributed by atoms with Gasteiger partial charge in [-0.2, -0.15) is 5.10 Å². The van der Waals surface area contributed by atoms with Gasteiger partial charge >= 0.3 is 5.97 Å². The van der Waals surface area contributed by atoms with Crippen molar-refractivity contribution < 1.29 is 19.2 Å². The number of amides is 1. The Labute approximate surface area is 187 Å². The van der Waals surface area contributed by atoms with E-state index in [0.717, 1.165) is 6.07 Å². The number of hydrazone groups is 1. The Bertz CT molecular complexity index is 1210. The first kappa shape index (κ1) is 22.4. The van der Waals surface area contributed by atoms with Crippen LogP contribution in [0.2, 0.25) is 5.02 Å². The van der Waals surface area contributed by atoms with Crippen molar-refractivity contribution in [2.45, 2.75) is 0 Å². The molecule has 0 aliphatic rings. The van der Waals surface area contributed by atoms with Gasteiger partial charge in [-0.05, 0) is 53.6 Å². The number of rotatable bonds is 7. The molecular weight excluding hydrogens is 434 g/mol. The summed E-state index contributed by atoms with van der Waals surface area (Å²) in [5.41, 5.74) is 3.56. The molecule has 0 spiro atoms. The summed E-state index contributed by atoms with van der Waals surface area (Å²) >= 11 is 6.03. The van der Waals surface area contributed by atoms with Gasteiger partial charge in [-0.1, -0.05) is 35.9 Å². The monoisotopic (exact) mass is 449 g/mol. The molecule has 1 N–H and O–H groups in total. The summed E-state index contributed by atoms with van der Waals surface area (Å²) in [5, 5.41) is 15.1. The lowest BCUT2D eigenvalue weighted by molar-refractivity contribution is -0.384. The van der Waals surface area contributed by atoms with E-state index in [1.165, 1.54) is 30.5 Å². The van der Waals surface area contributed by atoms with E-state index in [4.69, 9.17) is 16.3 Å². The molecular formula is C23H16ClN3O5. The molecule has 0 unspecified atom stereocenters. The van der Waals surface area contributed by atoms with Gasteiger partial charge in [-0.15, -0.1) is 0 Å². The van der Waals surface area contributed by atoms with Gasteiger partial charge in [0.2, 0.25) is 0 Å². The Morgan fingerprint density at radius 3 is 2.50 bits per heavy atom. The van der Waals surface area contributed by atoms with E-state index in [9.17, 15) is 19.7 Å². The fourth-order valence-corrected chi connectivity index (χ4v) is 2.73. The number of hydrogen-bond donors (Lipinski definition) is 1. The van der Waals surface area contributed by atoms with Crippen LogP contribution < -0.4 is 10.2 Å². The van der Waals surface area contributed by atoms with Gasteiger partial charge in [0.15, 0.2) is 0 Å². The third-order valence-electron chi connectivity index (χ3n) is 4.10. The Balaban J connectivity index is 1.54. The Kier molecular flexibility index (Phi) is 7.45. The highest BCUT2D eigenvalue weighted by Crippen LogP contribution is 2.17. The third-order valence-corrected chi connectivity index (χ3v) is 4.45. The van der Waals surface area contributed by atoms with Crippen LogP contribution in [-0.4, -0.2) is 23.0 Å². The van der Waals surface area contributed by atoms with Crippen LogP contribution >= 0.6 is 11.6 Å². The number of nitrogens with zero attached hydrogens (tertiary/aromatic N) is 2. The fraction of sp³-hybridized carbons (Fsp3) is 0. The predicted molar refractivity (Wildman–Crippen MR) is 121 cm³/mol. The SMILES string of the molecule is O=C(C=Cc1ccccc1Cl)Oc1ccc(C=NNC(=O)c2cccc([N+](=O)[O-])c2)cc1. The van der Waals surface area contributed by atoms with Crippen molar-refractivity contribution in [2.75, 3.05) is 0 Å². The van der Waals surface area contributed by atoms with Crippen molar-refractivity contribution in [1.82, 2.24) is 5.43 Å². The van der Waals surface area contributed by atoms with E-state index in [2.05, 4.69) is 10.5 Å². The third kappa shape index (κ3) is 6.35. The summed E-state index contributed by atoms with van der Waals surface area (Å²) in [7, 11) is 0. The summed E-state index contributed by atoms with van der Waals surface area (Å²) in [6.07, 6.45) is 4.23. The molecule has 3 aromatic rings. The molecule has 160 valence electrons. The number of non-ortho nitro benzene ring substituents is 1. The largest absolute Gasteiger partial charge is 0.423 e. The van der Waals surface area contributed by atoms with Crippen molar-refractivity contribution in [1.29, 1.82) is 0 Å². The number of nitro benzene ring substituents is 1. The van der Waals surface area contributed by atoms with Crippen LogP contribution in [0.15, 0.2) is 84.0 Å². The minimum absolute atomic E-state index is 0.114. The lowest BCUT2D eigenvalue weighted by Gasteiger charge is -2.02. The predicted octanol–water partition coefficient (Wildman–Crippen LogP) is 4.63.